The molecule has 2 rings (SSSR count). The first-order valence-electron chi connectivity index (χ1n) is 32.4. The number of likely N-dealkylation sites (N-methyl/N-ethyl adjacent to an activating group) is 7. The SMILES string of the molecule is CC[C@H](C)[C@H]1C(=O)N(C)[C@@H](C)C(=O)N(C)[C@@H](CC(C)C)C(=O)N[C@@H](COC(C)(C)C)C(=O)N(C)[C@@H](CC(C)C)C(=O)N[C@@H](C)CC(=O)N(C)[C@@H](C)C(=O)N(C)[C@@H](Cc2ccccc2)C(=O)N[C@@H](CC(C)C)C(=O)N(C)[C@@H](CC(C)C)C(=O)N[C@@H]([C@@H](C)O)C(=O)N1C. The zero-order chi connectivity index (χ0) is 70.0. The van der Waals surface area contributed by atoms with Crippen LogP contribution in [0.1, 0.15) is 162 Å². The first-order chi connectivity index (χ1) is 42.0. The number of carbonyl (C=O) groups is 11. The number of hydrogen-bond acceptors (Lipinski definition) is 13. The fraction of sp³-hybridized carbons (Fsp3) is 0.746. The molecule has 1 aromatic carbocycles. The van der Waals surface area contributed by atoms with E-state index in [1.807, 2.05) is 62.3 Å². The highest BCUT2D eigenvalue weighted by atomic mass is 16.5. The van der Waals surface area contributed by atoms with Gasteiger partial charge in [-0.05, 0) is 109 Å². The number of benzene rings is 1. The Bertz CT molecular complexity index is 2630. The van der Waals surface area contributed by atoms with Crippen LogP contribution in [0.25, 0.3) is 0 Å². The van der Waals surface area contributed by atoms with Crippen LogP contribution in [-0.4, -0.2) is 238 Å². The van der Waals surface area contributed by atoms with Gasteiger partial charge in [0.25, 0.3) is 0 Å². The molecular weight excluding hydrogens is 1170 g/mol. The number of hydrogen-bond donors (Lipinski definition) is 5. The number of ether oxygens (including phenoxy) is 1. The number of aliphatic hydroxyl groups is 1. The summed E-state index contributed by atoms with van der Waals surface area (Å²) in [5, 5.41) is 22.7. The summed E-state index contributed by atoms with van der Waals surface area (Å²) in [5.41, 5.74) is -0.112. The fourth-order valence-corrected chi connectivity index (χ4v) is 11.1. The van der Waals surface area contributed by atoms with Crippen LogP contribution in [0, 0.1) is 29.6 Å². The summed E-state index contributed by atoms with van der Waals surface area (Å²) < 4.78 is 6.13. The topological polar surface area (TPSA) is 288 Å². The average Bonchev–Trinajstić information content (AvgIpc) is 0.896. The first-order valence-corrected chi connectivity index (χ1v) is 32.4. The molecule has 0 bridgehead atoms. The third-order valence-corrected chi connectivity index (χ3v) is 17.2. The van der Waals surface area contributed by atoms with Gasteiger partial charge in [-0.2, -0.15) is 0 Å². The lowest BCUT2D eigenvalue weighted by molar-refractivity contribution is -0.154. The molecule has 24 nitrogen and oxygen atoms in total. The van der Waals surface area contributed by atoms with Crippen molar-refractivity contribution in [1.82, 2.24) is 55.6 Å². The van der Waals surface area contributed by atoms with Crippen LogP contribution in [0.2, 0.25) is 0 Å². The Kier molecular flexibility index (Phi) is 31.8. The second-order valence-corrected chi connectivity index (χ2v) is 28.0. The van der Waals surface area contributed by atoms with Crippen molar-refractivity contribution in [2.75, 3.05) is 55.9 Å². The lowest BCUT2D eigenvalue weighted by Gasteiger charge is -2.39. The Morgan fingerprint density at radius 1 is 0.484 bits per heavy atom. The van der Waals surface area contributed by atoms with Gasteiger partial charge >= 0.3 is 0 Å². The van der Waals surface area contributed by atoms with E-state index in [0.29, 0.717) is 12.0 Å². The van der Waals surface area contributed by atoms with Gasteiger partial charge in [0.1, 0.15) is 60.4 Å². The van der Waals surface area contributed by atoms with Gasteiger partial charge in [-0.25, -0.2) is 0 Å². The maximum absolute atomic E-state index is 15.0. The highest BCUT2D eigenvalue weighted by Crippen LogP contribution is 2.24. The van der Waals surface area contributed by atoms with Gasteiger partial charge in [0.2, 0.25) is 65.0 Å². The average molecular weight is 1280 g/mol. The Labute approximate surface area is 543 Å². The van der Waals surface area contributed by atoms with Gasteiger partial charge in [-0.15, -0.1) is 0 Å². The lowest BCUT2D eigenvalue weighted by atomic mass is 9.94. The summed E-state index contributed by atoms with van der Waals surface area (Å²) in [7, 11) is 9.94. The van der Waals surface area contributed by atoms with Gasteiger partial charge in [0.05, 0.1) is 18.3 Å². The second kappa shape index (κ2) is 35.9. The summed E-state index contributed by atoms with van der Waals surface area (Å²) in [5.74, 6) is -8.66. The van der Waals surface area contributed by atoms with Crippen molar-refractivity contribution in [2.24, 2.45) is 29.6 Å². The van der Waals surface area contributed by atoms with Gasteiger partial charge in [0.15, 0.2) is 0 Å². The highest BCUT2D eigenvalue weighted by molar-refractivity contribution is 5.99. The van der Waals surface area contributed by atoms with Crippen molar-refractivity contribution in [3.63, 3.8) is 0 Å². The summed E-state index contributed by atoms with van der Waals surface area (Å²) in [6, 6.07) is -4.59. The molecule has 11 amide bonds. The number of aliphatic hydroxyl groups excluding tert-OH is 1. The first kappa shape index (κ1) is 80.4. The summed E-state index contributed by atoms with van der Waals surface area (Å²) in [6.45, 7) is 29.4. The molecule has 0 aliphatic carbocycles. The number of nitrogens with zero attached hydrogens (tertiary/aromatic N) is 7. The van der Waals surface area contributed by atoms with E-state index in [0.717, 1.165) is 4.90 Å². The van der Waals surface area contributed by atoms with E-state index in [-0.39, 0.29) is 68.8 Å². The molecule has 1 saturated heterocycles. The smallest absolute Gasteiger partial charge is 0.248 e. The molecule has 0 saturated carbocycles. The third-order valence-electron chi connectivity index (χ3n) is 17.2. The maximum atomic E-state index is 15.0. The van der Waals surface area contributed by atoms with E-state index in [1.165, 1.54) is 99.5 Å². The Balaban J connectivity index is 3.01. The number of rotatable bonds is 15. The molecule has 0 radical (unpaired) electrons. The van der Waals surface area contributed by atoms with Crippen molar-refractivity contribution in [1.29, 1.82) is 0 Å². The van der Waals surface area contributed by atoms with Crippen LogP contribution in [0.4, 0.5) is 0 Å². The maximum Gasteiger partial charge on any atom is 0.248 e. The minimum Gasteiger partial charge on any atom is -0.391 e. The van der Waals surface area contributed by atoms with Crippen LogP contribution in [0.15, 0.2) is 30.3 Å². The molecule has 0 aromatic heterocycles. The predicted molar refractivity (Wildman–Crippen MR) is 350 cm³/mol. The Hall–Kier alpha value is -6.69. The Morgan fingerprint density at radius 3 is 1.32 bits per heavy atom. The summed E-state index contributed by atoms with van der Waals surface area (Å²) >= 11 is 0. The molecular formula is C67H115N11O13. The molecule has 13 atom stereocenters. The van der Waals surface area contributed by atoms with Gasteiger partial charge < -0.3 is 65.4 Å². The predicted octanol–water partition coefficient (Wildman–Crippen LogP) is 3.85. The van der Waals surface area contributed by atoms with Crippen molar-refractivity contribution in [2.45, 2.75) is 241 Å². The minimum absolute atomic E-state index is 0.000517. The molecule has 0 unspecified atom stereocenters. The molecule has 5 N–H and O–H groups in total. The van der Waals surface area contributed by atoms with Crippen LogP contribution >= 0.6 is 0 Å². The molecule has 0 spiro atoms. The van der Waals surface area contributed by atoms with E-state index >= 15 is 0 Å². The van der Waals surface area contributed by atoms with Crippen molar-refractivity contribution < 1.29 is 62.6 Å². The molecule has 1 aromatic rings. The minimum atomic E-state index is -1.65. The van der Waals surface area contributed by atoms with E-state index in [1.54, 1.807) is 65.0 Å². The zero-order valence-corrected chi connectivity index (χ0v) is 59.3. The third kappa shape index (κ3) is 23.4. The quantitative estimate of drug-likeness (QED) is 0.167. The monoisotopic (exact) mass is 1280 g/mol. The van der Waals surface area contributed by atoms with Gasteiger partial charge in [-0.1, -0.05) is 106 Å². The normalized spacial score (nSPS) is 26.8. The lowest BCUT2D eigenvalue weighted by Crippen LogP contribution is -2.63. The van der Waals surface area contributed by atoms with Crippen molar-refractivity contribution in [3.05, 3.63) is 35.9 Å². The molecule has 1 heterocycles. The number of nitrogens with one attached hydrogen (secondary N) is 4. The molecule has 1 aliphatic rings. The molecule has 1 aliphatic heterocycles. The van der Waals surface area contributed by atoms with Gasteiger partial charge in [-0.3, -0.25) is 52.7 Å². The van der Waals surface area contributed by atoms with Crippen LogP contribution in [-0.2, 0) is 63.9 Å². The van der Waals surface area contributed by atoms with E-state index in [9.17, 15) is 57.8 Å². The van der Waals surface area contributed by atoms with Crippen LogP contribution in [0.5, 0.6) is 0 Å². The highest BCUT2D eigenvalue weighted by Gasteiger charge is 2.44. The molecule has 516 valence electrons. The fourth-order valence-electron chi connectivity index (χ4n) is 11.1. The standard InChI is InChI=1S/C67H115N11O13/c1-25-42(10)56-66(90)73(19)45(13)62(86)74(20)51(33-40(6)7)58(82)70-49(37-91-67(15,16)17)64(88)77(23)50(32-39(4)5)57(81)68-43(11)35-54(80)72(18)44(12)61(85)75(21)53(36-47-29-27-26-28-30-47)59(83)69-48(31-38(2)3)63(87)76(22)52(34-41(8)9)60(84)71-55(46(14)79)65(89)78(56)24/h26-30,38-46,48-53,55-56,79H,25,31-37H2,1-24H3,(H,68,81)(H,69,83)(H,70,82)(H,71,84)/t42-,43-,44-,45-,46+,48-,49-,50-,51-,52-,53-,55-,56-/m0/s1. The van der Waals surface area contributed by atoms with E-state index < -0.39 is 149 Å². The zero-order valence-electron chi connectivity index (χ0n) is 59.3. The van der Waals surface area contributed by atoms with Crippen LogP contribution < -0.4 is 21.3 Å². The number of amides is 11. The van der Waals surface area contributed by atoms with Crippen LogP contribution in [0.3, 0.4) is 0 Å². The molecule has 24 heteroatoms. The van der Waals surface area contributed by atoms with Crippen molar-refractivity contribution in [3.8, 4) is 0 Å². The molecule has 1 fully saturated rings. The van der Waals surface area contributed by atoms with Crippen molar-refractivity contribution >= 4 is 65.0 Å². The Morgan fingerprint density at radius 2 is 0.879 bits per heavy atom. The summed E-state index contributed by atoms with van der Waals surface area (Å²) in [4.78, 5) is 171. The van der Waals surface area contributed by atoms with E-state index in [4.69, 9.17) is 4.74 Å². The second-order valence-electron chi connectivity index (χ2n) is 28.0. The van der Waals surface area contributed by atoms with Gasteiger partial charge in [0, 0.05) is 68.2 Å². The number of carbonyl (C=O) groups excluding carboxylic acids is 11. The largest absolute Gasteiger partial charge is 0.391 e. The molecule has 91 heavy (non-hydrogen) atoms. The summed E-state index contributed by atoms with van der Waals surface area (Å²) in [6.07, 6.45) is -0.963. The van der Waals surface area contributed by atoms with E-state index in [2.05, 4.69) is 21.3 Å².